The molecule has 0 unspecified atom stereocenters. The van der Waals surface area contributed by atoms with Crippen molar-refractivity contribution < 1.29 is 0 Å². The molecular weight excluding hydrogens is 240 g/mol. The number of allylic oxidation sites excluding steroid dienone is 1. The predicted octanol–water partition coefficient (Wildman–Crippen LogP) is 6.79. The second-order valence-electron chi connectivity index (χ2n) is 5.78. The molecule has 0 aromatic heterocycles. The SMILES string of the molecule is CCC=Cc1ccc(CCCCCCCCCC)cc1. The molecule has 1 aromatic rings. The molecule has 0 spiro atoms. The quantitative estimate of drug-likeness (QED) is 0.389. The van der Waals surface area contributed by atoms with Crippen molar-refractivity contribution in [3.05, 3.63) is 41.5 Å². The minimum atomic E-state index is 1.11. The van der Waals surface area contributed by atoms with Gasteiger partial charge in [-0.05, 0) is 30.4 Å². The van der Waals surface area contributed by atoms with Crippen LogP contribution in [-0.4, -0.2) is 0 Å². The van der Waals surface area contributed by atoms with Crippen LogP contribution in [0.2, 0.25) is 0 Å². The fourth-order valence-corrected chi connectivity index (χ4v) is 2.51. The largest absolute Gasteiger partial charge is 0.0842 e. The van der Waals surface area contributed by atoms with Gasteiger partial charge in [0.25, 0.3) is 0 Å². The molecule has 0 aliphatic rings. The highest BCUT2D eigenvalue weighted by Crippen LogP contribution is 2.12. The third kappa shape index (κ3) is 8.19. The van der Waals surface area contributed by atoms with Gasteiger partial charge in [-0.2, -0.15) is 0 Å². The van der Waals surface area contributed by atoms with Gasteiger partial charge in [0, 0.05) is 0 Å². The summed E-state index contributed by atoms with van der Waals surface area (Å²) in [5, 5.41) is 0. The number of hydrogen-bond donors (Lipinski definition) is 0. The minimum Gasteiger partial charge on any atom is -0.0842 e. The van der Waals surface area contributed by atoms with Crippen LogP contribution in [0, 0.1) is 0 Å². The van der Waals surface area contributed by atoms with Crippen molar-refractivity contribution in [2.24, 2.45) is 0 Å². The summed E-state index contributed by atoms with van der Waals surface area (Å²) in [5.74, 6) is 0. The summed E-state index contributed by atoms with van der Waals surface area (Å²) >= 11 is 0. The van der Waals surface area contributed by atoms with Crippen LogP contribution < -0.4 is 0 Å². The molecule has 0 bridgehead atoms. The summed E-state index contributed by atoms with van der Waals surface area (Å²) in [6.07, 6.45) is 18.0. The monoisotopic (exact) mass is 272 g/mol. The maximum absolute atomic E-state index is 2.29. The fourth-order valence-electron chi connectivity index (χ4n) is 2.51. The molecule has 0 atom stereocenters. The van der Waals surface area contributed by atoms with E-state index in [-0.39, 0.29) is 0 Å². The maximum atomic E-state index is 2.29. The lowest BCUT2D eigenvalue weighted by molar-refractivity contribution is 0.575. The van der Waals surface area contributed by atoms with Crippen LogP contribution in [0.15, 0.2) is 30.3 Å². The van der Waals surface area contributed by atoms with E-state index in [0.717, 1.165) is 6.42 Å². The molecule has 20 heavy (non-hydrogen) atoms. The number of rotatable bonds is 11. The molecule has 0 aliphatic carbocycles. The maximum Gasteiger partial charge on any atom is -0.0260 e. The van der Waals surface area contributed by atoms with Gasteiger partial charge >= 0.3 is 0 Å². The fraction of sp³-hybridized carbons (Fsp3) is 0.600. The van der Waals surface area contributed by atoms with Gasteiger partial charge in [-0.25, -0.2) is 0 Å². The van der Waals surface area contributed by atoms with Gasteiger partial charge in [-0.15, -0.1) is 0 Å². The first-order valence-electron chi connectivity index (χ1n) is 8.62. The first-order chi connectivity index (χ1) is 9.86. The van der Waals surface area contributed by atoms with E-state index in [1.807, 2.05) is 0 Å². The highest BCUT2D eigenvalue weighted by Gasteiger charge is 1.95. The summed E-state index contributed by atoms with van der Waals surface area (Å²) < 4.78 is 0. The van der Waals surface area contributed by atoms with Crippen LogP contribution in [-0.2, 0) is 6.42 Å². The van der Waals surface area contributed by atoms with Crippen LogP contribution in [0.4, 0.5) is 0 Å². The average molecular weight is 272 g/mol. The number of aryl methyl sites for hydroxylation is 1. The Bertz CT molecular complexity index is 345. The van der Waals surface area contributed by atoms with E-state index in [1.54, 1.807) is 0 Å². The van der Waals surface area contributed by atoms with E-state index < -0.39 is 0 Å². The van der Waals surface area contributed by atoms with Crippen LogP contribution in [0.5, 0.6) is 0 Å². The smallest absolute Gasteiger partial charge is 0.0260 e. The van der Waals surface area contributed by atoms with Crippen molar-refractivity contribution in [3.63, 3.8) is 0 Å². The number of unbranched alkanes of at least 4 members (excludes halogenated alkanes) is 7. The van der Waals surface area contributed by atoms with Crippen LogP contribution in [0.1, 0.15) is 82.8 Å². The van der Waals surface area contributed by atoms with Gasteiger partial charge in [0.1, 0.15) is 0 Å². The van der Waals surface area contributed by atoms with Crippen LogP contribution in [0.3, 0.4) is 0 Å². The summed E-state index contributed by atoms with van der Waals surface area (Å²) in [6.45, 7) is 4.45. The van der Waals surface area contributed by atoms with Gasteiger partial charge in [-0.3, -0.25) is 0 Å². The Balaban J connectivity index is 2.08. The molecule has 0 heterocycles. The average Bonchev–Trinajstić information content (AvgIpc) is 2.49. The van der Waals surface area contributed by atoms with Gasteiger partial charge in [0.2, 0.25) is 0 Å². The zero-order chi connectivity index (χ0) is 14.5. The van der Waals surface area contributed by atoms with Crippen molar-refractivity contribution in [2.75, 3.05) is 0 Å². The molecule has 1 aromatic carbocycles. The molecule has 112 valence electrons. The van der Waals surface area contributed by atoms with Crippen LogP contribution >= 0.6 is 0 Å². The van der Waals surface area contributed by atoms with E-state index in [0.29, 0.717) is 0 Å². The molecule has 0 saturated heterocycles. The molecule has 0 saturated carbocycles. The lowest BCUT2D eigenvalue weighted by Gasteiger charge is -2.03. The van der Waals surface area contributed by atoms with E-state index in [9.17, 15) is 0 Å². The van der Waals surface area contributed by atoms with Crippen molar-refractivity contribution >= 4 is 6.08 Å². The third-order valence-electron chi connectivity index (χ3n) is 3.84. The summed E-state index contributed by atoms with van der Waals surface area (Å²) in [7, 11) is 0. The molecule has 0 nitrogen and oxygen atoms in total. The van der Waals surface area contributed by atoms with Crippen molar-refractivity contribution in [2.45, 2.75) is 78.1 Å². The van der Waals surface area contributed by atoms with Gasteiger partial charge < -0.3 is 0 Å². The van der Waals surface area contributed by atoms with E-state index in [4.69, 9.17) is 0 Å². The molecule has 1 rings (SSSR count). The molecular formula is C20H32. The lowest BCUT2D eigenvalue weighted by Crippen LogP contribution is -1.87. The second kappa shape index (κ2) is 11.8. The summed E-state index contributed by atoms with van der Waals surface area (Å²) in [4.78, 5) is 0. The first-order valence-corrected chi connectivity index (χ1v) is 8.62. The highest BCUT2D eigenvalue weighted by molar-refractivity contribution is 5.49. The lowest BCUT2D eigenvalue weighted by atomic mass is 10.0. The Morgan fingerprint density at radius 1 is 0.750 bits per heavy atom. The van der Waals surface area contributed by atoms with Crippen molar-refractivity contribution in [1.29, 1.82) is 0 Å². The Labute approximate surface area is 126 Å². The Kier molecular flexibility index (Phi) is 10.0. The van der Waals surface area contributed by atoms with Crippen LogP contribution in [0.25, 0.3) is 6.08 Å². The second-order valence-corrected chi connectivity index (χ2v) is 5.78. The van der Waals surface area contributed by atoms with Crippen molar-refractivity contribution in [1.82, 2.24) is 0 Å². The standard InChI is InChI=1S/C20H32/c1-3-5-7-8-9-10-11-12-14-20-17-15-19(16-18-20)13-6-4-2/h6,13,15-18H,3-5,7-12,14H2,1-2H3. The molecule has 0 N–H and O–H groups in total. The highest BCUT2D eigenvalue weighted by atomic mass is 14.0. The van der Waals surface area contributed by atoms with Crippen molar-refractivity contribution in [3.8, 4) is 0 Å². The van der Waals surface area contributed by atoms with Gasteiger partial charge in [-0.1, -0.05) is 95.2 Å². The Hall–Kier alpha value is -1.04. The third-order valence-corrected chi connectivity index (χ3v) is 3.84. The zero-order valence-corrected chi connectivity index (χ0v) is 13.5. The minimum absolute atomic E-state index is 1.11. The Morgan fingerprint density at radius 2 is 1.35 bits per heavy atom. The summed E-state index contributed by atoms with van der Waals surface area (Å²) in [6, 6.07) is 9.06. The Morgan fingerprint density at radius 3 is 1.95 bits per heavy atom. The summed E-state index contributed by atoms with van der Waals surface area (Å²) in [5.41, 5.74) is 2.82. The molecule has 0 radical (unpaired) electrons. The molecule has 0 fully saturated rings. The molecule has 0 amide bonds. The zero-order valence-electron chi connectivity index (χ0n) is 13.5. The van der Waals surface area contributed by atoms with E-state index >= 15 is 0 Å². The van der Waals surface area contributed by atoms with E-state index in [2.05, 4.69) is 50.3 Å². The number of benzene rings is 1. The van der Waals surface area contributed by atoms with E-state index in [1.165, 1.54) is 68.9 Å². The normalized spacial score (nSPS) is 11.3. The van der Waals surface area contributed by atoms with Gasteiger partial charge in [0.05, 0.1) is 0 Å². The first kappa shape index (κ1) is 17.0. The predicted molar refractivity (Wildman–Crippen MR) is 92.1 cm³/mol. The topological polar surface area (TPSA) is 0 Å². The molecule has 0 aliphatic heterocycles. The number of hydrogen-bond acceptors (Lipinski definition) is 0. The van der Waals surface area contributed by atoms with Gasteiger partial charge in [0.15, 0.2) is 0 Å². The molecule has 0 heteroatoms.